The lowest BCUT2D eigenvalue weighted by molar-refractivity contribution is 0.0951. The monoisotopic (exact) mass is 291 g/mol. The summed E-state index contributed by atoms with van der Waals surface area (Å²) in [5.41, 5.74) is 2.06. The zero-order valence-electron chi connectivity index (χ0n) is 10.9. The van der Waals surface area contributed by atoms with Crippen molar-refractivity contribution in [3.8, 4) is 0 Å². The van der Waals surface area contributed by atoms with E-state index in [1.165, 1.54) is 5.56 Å². The Morgan fingerprint density at radius 3 is 2.89 bits per heavy atom. The number of hydrogen-bond acceptors (Lipinski definition) is 3. The van der Waals surface area contributed by atoms with Gasteiger partial charge in [-0.25, -0.2) is 0 Å². The molecule has 19 heavy (non-hydrogen) atoms. The van der Waals surface area contributed by atoms with Crippen LogP contribution in [-0.4, -0.2) is 18.2 Å². The number of hydrogen-bond donors (Lipinski definition) is 1. The molecule has 0 saturated carbocycles. The first-order valence-electron chi connectivity index (χ1n) is 6.32. The lowest BCUT2D eigenvalue weighted by Gasteiger charge is -2.08. The summed E-state index contributed by atoms with van der Waals surface area (Å²) in [7, 11) is 0. The van der Waals surface area contributed by atoms with E-state index in [0.717, 1.165) is 22.6 Å². The van der Waals surface area contributed by atoms with E-state index in [0.29, 0.717) is 6.54 Å². The second kappa shape index (κ2) is 7.36. The van der Waals surface area contributed by atoms with Crippen LogP contribution in [0.2, 0.25) is 0 Å². The first-order valence-corrected chi connectivity index (χ1v) is 8.25. The van der Waals surface area contributed by atoms with E-state index in [9.17, 15) is 4.79 Å². The lowest BCUT2D eigenvalue weighted by Crippen LogP contribution is -2.26. The molecule has 0 aliphatic carbocycles. The zero-order chi connectivity index (χ0) is 13.5. The third-order valence-electron chi connectivity index (χ3n) is 2.71. The number of benzene rings is 1. The second-order valence-corrected chi connectivity index (χ2v) is 6.15. The molecule has 1 N–H and O–H groups in total. The topological polar surface area (TPSA) is 29.1 Å². The maximum atomic E-state index is 12.1. The van der Waals surface area contributed by atoms with Crippen molar-refractivity contribution in [2.24, 2.45) is 0 Å². The number of carbonyl (C=O) groups excluding carboxylic acids is 1. The van der Waals surface area contributed by atoms with Crippen LogP contribution in [-0.2, 0) is 6.42 Å². The molecule has 0 aliphatic rings. The van der Waals surface area contributed by atoms with Gasteiger partial charge >= 0.3 is 0 Å². The summed E-state index contributed by atoms with van der Waals surface area (Å²) in [4.78, 5) is 13.2. The van der Waals surface area contributed by atoms with Crippen LogP contribution in [0.15, 0.2) is 46.0 Å². The molecule has 0 aliphatic heterocycles. The number of rotatable bonds is 6. The van der Waals surface area contributed by atoms with Crippen molar-refractivity contribution in [1.82, 2.24) is 5.32 Å². The van der Waals surface area contributed by atoms with E-state index in [4.69, 9.17) is 0 Å². The third-order valence-corrected chi connectivity index (χ3v) is 4.40. The summed E-state index contributed by atoms with van der Waals surface area (Å²) in [5.74, 6) is 0.992. The van der Waals surface area contributed by atoms with E-state index < -0.39 is 0 Å². The van der Waals surface area contributed by atoms with E-state index in [2.05, 4.69) is 29.1 Å². The smallest absolute Gasteiger partial charge is 0.252 e. The minimum absolute atomic E-state index is 0.0202. The van der Waals surface area contributed by atoms with Gasteiger partial charge in [-0.1, -0.05) is 19.1 Å². The number of thiophene rings is 1. The fraction of sp³-hybridized carbons (Fsp3) is 0.267. The summed E-state index contributed by atoms with van der Waals surface area (Å²) in [6.07, 6.45) is 0.887. The first kappa shape index (κ1) is 14.2. The van der Waals surface area contributed by atoms with Crippen LogP contribution < -0.4 is 5.32 Å². The molecule has 0 saturated heterocycles. The van der Waals surface area contributed by atoms with Gasteiger partial charge in [0.2, 0.25) is 0 Å². The van der Waals surface area contributed by atoms with Crippen LogP contribution >= 0.6 is 23.1 Å². The van der Waals surface area contributed by atoms with E-state index in [1.807, 2.05) is 24.3 Å². The standard InChI is InChI=1S/C15H17NOS2/c1-2-19-14-6-4-3-5-13(14)15(17)16-9-7-12-8-10-18-11-12/h3-6,8,10-11H,2,7,9H2,1H3,(H,16,17). The van der Waals surface area contributed by atoms with Crippen molar-refractivity contribution in [3.05, 3.63) is 52.2 Å². The highest BCUT2D eigenvalue weighted by atomic mass is 32.2. The Balaban J connectivity index is 1.92. The van der Waals surface area contributed by atoms with E-state index in [1.54, 1.807) is 23.1 Å². The maximum Gasteiger partial charge on any atom is 0.252 e. The fourth-order valence-electron chi connectivity index (χ4n) is 1.79. The fourth-order valence-corrected chi connectivity index (χ4v) is 3.29. The van der Waals surface area contributed by atoms with Crippen molar-refractivity contribution in [1.29, 1.82) is 0 Å². The van der Waals surface area contributed by atoms with Crippen molar-refractivity contribution in [2.45, 2.75) is 18.2 Å². The van der Waals surface area contributed by atoms with Crippen molar-refractivity contribution < 1.29 is 4.79 Å². The molecular formula is C15H17NOS2. The highest BCUT2D eigenvalue weighted by Crippen LogP contribution is 2.22. The molecule has 1 aromatic carbocycles. The molecule has 0 bridgehead atoms. The summed E-state index contributed by atoms with van der Waals surface area (Å²) in [6.45, 7) is 2.77. The van der Waals surface area contributed by atoms with Crippen LogP contribution in [0.4, 0.5) is 0 Å². The number of thioether (sulfide) groups is 1. The zero-order valence-corrected chi connectivity index (χ0v) is 12.5. The molecule has 0 atom stereocenters. The predicted molar refractivity (Wildman–Crippen MR) is 83.2 cm³/mol. The Labute approximate surface area is 122 Å². The quantitative estimate of drug-likeness (QED) is 0.819. The van der Waals surface area contributed by atoms with Crippen LogP contribution in [0.3, 0.4) is 0 Å². The normalized spacial score (nSPS) is 10.4. The third kappa shape index (κ3) is 4.11. The van der Waals surface area contributed by atoms with Gasteiger partial charge in [0.05, 0.1) is 5.56 Å². The Kier molecular flexibility index (Phi) is 5.48. The van der Waals surface area contributed by atoms with Crippen LogP contribution in [0.25, 0.3) is 0 Å². The molecule has 2 aromatic rings. The number of amides is 1. The maximum absolute atomic E-state index is 12.1. The van der Waals surface area contributed by atoms with E-state index >= 15 is 0 Å². The minimum Gasteiger partial charge on any atom is -0.352 e. The molecular weight excluding hydrogens is 274 g/mol. The molecule has 4 heteroatoms. The second-order valence-electron chi connectivity index (χ2n) is 4.07. The van der Waals surface area contributed by atoms with Gasteiger partial charge in [-0.05, 0) is 46.7 Å². The molecule has 2 nitrogen and oxygen atoms in total. The highest BCUT2D eigenvalue weighted by Gasteiger charge is 2.10. The average Bonchev–Trinajstić information content (AvgIpc) is 2.93. The van der Waals surface area contributed by atoms with Gasteiger partial charge in [-0.2, -0.15) is 11.3 Å². The molecule has 1 amide bonds. The summed E-state index contributed by atoms with van der Waals surface area (Å²) >= 11 is 3.39. The first-order chi connectivity index (χ1) is 9.31. The molecule has 0 unspecified atom stereocenters. The summed E-state index contributed by atoms with van der Waals surface area (Å²) < 4.78 is 0. The molecule has 2 rings (SSSR count). The molecule has 0 fully saturated rings. The summed E-state index contributed by atoms with van der Waals surface area (Å²) in [6, 6.07) is 9.87. The van der Waals surface area contributed by atoms with Gasteiger partial charge in [0.15, 0.2) is 0 Å². The molecule has 0 radical (unpaired) electrons. The Hall–Kier alpha value is -1.26. The van der Waals surface area contributed by atoms with Crippen molar-refractivity contribution in [2.75, 3.05) is 12.3 Å². The van der Waals surface area contributed by atoms with E-state index in [-0.39, 0.29) is 5.91 Å². The van der Waals surface area contributed by atoms with Crippen molar-refractivity contribution >= 4 is 29.0 Å². The lowest BCUT2D eigenvalue weighted by atomic mass is 10.2. The number of nitrogens with one attached hydrogen (secondary N) is 1. The van der Waals surface area contributed by atoms with Gasteiger partial charge in [-0.15, -0.1) is 11.8 Å². The Bertz CT molecular complexity index is 523. The largest absolute Gasteiger partial charge is 0.352 e. The number of carbonyl (C=O) groups is 1. The molecule has 0 spiro atoms. The van der Waals surface area contributed by atoms with Crippen LogP contribution in [0, 0.1) is 0 Å². The van der Waals surface area contributed by atoms with Gasteiger partial charge < -0.3 is 5.32 Å². The van der Waals surface area contributed by atoms with Gasteiger partial charge in [-0.3, -0.25) is 4.79 Å². The SMILES string of the molecule is CCSc1ccccc1C(=O)NCCc1ccsc1. The molecule has 1 heterocycles. The van der Waals surface area contributed by atoms with Crippen LogP contribution in [0.5, 0.6) is 0 Å². The molecule has 100 valence electrons. The Morgan fingerprint density at radius 1 is 1.32 bits per heavy atom. The van der Waals surface area contributed by atoms with Gasteiger partial charge in [0.25, 0.3) is 5.91 Å². The Morgan fingerprint density at radius 2 is 2.16 bits per heavy atom. The molecule has 1 aromatic heterocycles. The average molecular weight is 291 g/mol. The van der Waals surface area contributed by atoms with Gasteiger partial charge in [0.1, 0.15) is 0 Å². The highest BCUT2D eigenvalue weighted by molar-refractivity contribution is 7.99. The summed E-state index contributed by atoms with van der Waals surface area (Å²) in [5, 5.41) is 7.17. The van der Waals surface area contributed by atoms with Crippen molar-refractivity contribution in [3.63, 3.8) is 0 Å². The predicted octanol–water partition coefficient (Wildman–Crippen LogP) is 3.83. The van der Waals surface area contributed by atoms with Crippen LogP contribution in [0.1, 0.15) is 22.8 Å². The minimum atomic E-state index is 0.0202. The van der Waals surface area contributed by atoms with Gasteiger partial charge in [0, 0.05) is 11.4 Å².